The summed E-state index contributed by atoms with van der Waals surface area (Å²) in [5.41, 5.74) is 0. The minimum absolute atomic E-state index is 0.301. The maximum Gasteiger partial charge on any atom is 0.224 e. The van der Waals surface area contributed by atoms with Crippen LogP contribution in [0.25, 0.3) is 0 Å². The van der Waals surface area contributed by atoms with Gasteiger partial charge < -0.3 is 15.1 Å². The number of carbonyl (C=O) groups is 1. The first-order valence-corrected chi connectivity index (χ1v) is 7.20. The fourth-order valence-electron chi connectivity index (χ4n) is 2.59. The minimum atomic E-state index is 0.301. The highest BCUT2D eigenvalue weighted by atomic mass is 16.2. The molecule has 0 saturated carbocycles. The van der Waals surface area contributed by atoms with Gasteiger partial charge in [0.15, 0.2) is 0 Å². The Kier molecular flexibility index (Phi) is 5.41. The molecule has 2 fully saturated rings. The van der Waals surface area contributed by atoms with Gasteiger partial charge in [-0.2, -0.15) is 0 Å². The second-order valence-corrected chi connectivity index (χ2v) is 5.40. The lowest BCUT2D eigenvalue weighted by Gasteiger charge is -2.28. The zero-order valence-electron chi connectivity index (χ0n) is 11.5. The second kappa shape index (κ2) is 7.07. The van der Waals surface area contributed by atoms with E-state index in [1.807, 2.05) is 4.90 Å². The molecule has 18 heavy (non-hydrogen) atoms. The summed E-state index contributed by atoms with van der Waals surface area (Å²) in [6, 6.07) is 0.538. The lowest BCUT2D eigenvalue weighted by atomic mass is 10.2. The lowest BCUT2D eigenvalue weighted by molar-refractivity contribution is -0.131. The molecule has 0 aromatic heterocycles. The topological polar surface area (TPSA) is 47.6 Å². The molecule has 104 valence electrons. The summed E-state index contributed by atoms with van der Waals surface area (Å²) >= 11 is 0. The molecule has 2 aliphatic rings. The highest BCUT2D eigenvalue weighted by molar-refractivity contribution is 5.76. The van der Waals surface area contributed by atoms with Crippen LogP contribution in [0, 0.1) is 0 Å². The highest BCUT2D eigenvalue weighted by Gasteiger charge is 2.18. The van der Waals surface area contributed by atoms with Gasteiger partial charge >= 0.3 is 0 Å². The van der Waals surface area contributed by atoms with Crippen LogP contribution < -0.4 is 10.6 Å². The first-order chi connectivity index (χ1) is 8.75. The Morgan fingerprint density at radius 2 is 2.06 bits per heavy atom. The van der Waals surface area contributed by atoms with E-state index in [4.69, 9.17) is 0 Å². The third-order valence-corrected chi connectivity index (χ3v) is 3.90. The van der Waals surface area contributed by atoms with Gasteiger partial charge in [-0.3, -0.25) is 10.1 Å². The molecule has 0 aromatic rings. The van der Waals surface area contributed by atoms with Crippen molar-refractivity contribution in [2.24, 2.45) is 0 Å². The van der Waals surface area contributed by atoms with Crippen molar-refractivity contribution in [2.75, 3.05) is 45.9 Å². The van der Waals surface area contributed by atoms with Crippen LogP contribution in [-0.4, -0.2) is 67.7 Å². The van der Waals surface area contributed by atoms with Crippen LogP contribution in [0.15, 0.2) is 0 Å². The third-order valence-electron chi connectivity index (χ3n) is 3.90. The van der Waals surface area contributed by atoms with Crippen molar-refractivity contribution in [3.63, 3.8) is 0 Å². The summed E-state index contributed by atoms with van der Waals surface area (Å²) in [5.74, 6) is 0.301. The van der Waals surface area contributed by atoms with Crippen LogP contribution in [0.1, 0.15) is 26.2 Å². The van der Waals surface area contributed by atoms with E-state index in [0.717, 1.165) is 52.4 Å². The third kappa shape index (κ3) is 4.23. The average molecular weight is 254 g/mol. The van der Waals surface area contributed by atoms with Crippen LogP contribution in [0.3, 0.4) is 0 Å². The minimum Gasteiger partial charge on any atom is -0.330 e. The van der Waals surface area contributed by atoms with Gasteiger partial charge in [-0.05, 0) is 19.8 Å². The van der Waals surface area contributed by atoms with E-state index in [9.17, 15) is 4.79 Å². The lowest BCUT2D eigenvalue weighted by Crippen LogP contribution is -2.45. The molecule has 2 aliphatic heterocycles. The van der Waals surface area contributed by atoms with E-state index in [-0.39, 0.29) is 0 Å². The second-order valence-electron chi connectivity index (χ2n) is 5.40. The molecule has 2 saturated heterocycles. The smallest absolute Gasteiger partial charge is 0.224 e. The Hall–Kier alpha value is -0.650. The molecule has 2 N–H and O–H groups in total. The number of nitrogens with zero attached hydrogens (tertiary/aromatic N) is 2. The Morgan fingerprint density at radius 1 is 1.28 bits per heavy atom. The fraction of sp³-hybridized carbons (Fsp3) is 0.923. The standard InChI is InChI=1S/C13H26N4O/c1-12-3-2-7-17(11-15-12)13(18)4-8-16-9-5-14-6-10-16/h12,14-15H,2-11H2,1H3. The number of nitrogens with one attached hydrogen (secondary N) is 2. The van der Waals surface area contributed by atoms with E-state index in [1.165, 1.54) is 6.42 Å². The van der Waals surface area contributed by atoms with Gasteiger partial charge in [-0.1, -0.05) is 0 Å². The predicted octanol–water partition coefficient (Wildman–Crippen LogP) is -0.160. The molecular weight excluding hydrogens is 228 g/mol. The first kappa shape index (κ1) is 13.8. The van der Waals surface area contributed by atoms with Crippen LogP contribution >= 0.6 is 0 Å². The normalized spacial score (nSPS) is 26.9. The monoisotopic (exact) mass is 254 g/mol. The van der Waals surface area contributed by atoms with E-state index in [0.29, 0.717) is 18.4 Å². The maximum absolute atomic E-state index is 12.1. The Labute approximate surface area is 110 Å². The average Bonchev–Trinajstić information content (AvgIpc) is 2.62. The van der Waals surface area contributed by atoms with Crippen LogP contribution in [0.2, 0.25) is 0 Å². The van der Waals surface area contributed by atoms with Crippen molar-refractivity contribution < 1.29 is 4.79 Å². The summed E-state index contributed by atoms with van der Waals surface area (Å²) in [5, 5.41) is 6.73. The van der Waals surface area contributed by atoms with Crippen molar-refractivity contribution in [1.29, 1.82) is 0 Å². The SMILES string of the molecule is CC1CCCN(C(=O)CCN2CCNCC2)CN1. The molecule has 2 heterocycles. The fourth-order valence-corrected chi connectivity index (χ4v) is 2.59. The molecule has 5 heteroatoms. The molecule has 0 aliphatic carbocycles. The Morgan fingerprint density at radius 3 is 2.83 bits per heavy atom. The maximum atomic E-state index is 12.1. The van der Waals surface area contributed by atoms with Gasteiger partial charge in [0.2, 0.25) is 5.91 Å². The number of piperazine rings is 1. The summed E-state index contributed by atoms with van der Waals surface area (Å²) < 4.78 is 0. The summed E-state index contributed by atoms with van der Waals surface area (Å²) in [7, 11) is 0. The largest absolute Gasteiger partial charge is 0.330 e. The molecule has 1 atom stereocenters. The number of hydrogen-bond donors (Lipinski definition) is 2. The summed E-state index contributed by atoms with van der Waals surface area (Å²) in [6.07, 6.45) is 2.95. The van der Waals surface area contributed by atoms with Gasteiger partial charge in [0.25, 0.3) is 0 Å². The van der Waals surface area contributed by atoms with Gasteiger partial charge in [-0.25, -0.2) is 0 Å². The predicted molar refractivity (Wildman–Crippen MR) is 72.3 cm³/mol. The van der Waals surface area contributed by atoms with Crippen molar-refractivity contribution in [3.05, 3.63) is 0 Å². The van der Waals surface area contributed by atoms with Crippen molar-refractivity contribution in [3.8, 4) is 0 Å². The first-order valence-electron chi connectivity index (χ1n) is 7.20. The van der Waals surface area contributed by atoms with E-state index in [2.05, 4.69) is 22.5 Å². The molecular formula is C13H26N4O. The molecule has 0 aromatic carbocycles. The van der Waals surface area contributed by atoms with Gasteiger partial charge in [0.05, 0.1) is 6.67 Å². The van der Waals surface area contributed by atoms with Gasteiger partial charge in [0, 0.05) is 51.7 Å². The zero-order valence-corrected chi connectivity index (χ0v) is 11.5. The van der Waals surface area contributed by atoms with E-state index >= 15 is 0 Å². The number of hydrogen-bond acceptors (Lipinski definition) is 4. The van der Waals surface area contributed by atoms with E-state index < -0.39 is 0 Å². The molecule has 0 spiro atoms. The van der Waals surface area contributed by atoms with Gasteiger partial charge in [-0.15, -0.1) is 0 Å². The number of amides is 1. The molecule has 1 amide bonds. The van der Waals surface area contributed by atoms with Crippen LogP contribution in [0.5, 0.6) is 0 Å². The molecule has 0 radical (unpaired) electrons. The van der Waals surface area contributed by atoms with Crippen molar-refractivity contribution >= 4 is 5.91 Å². The highest BCUT2D eigenvalue weighted by Crippen LogP contribution is 2.06. The quantitative estimate of drug-likeness (QED) is 0.735. The summed E-state index contributed by atoms with van der Waals surface area (Å²) in [4.78, 5) is 16.5. The Bertz CT molecular complexity index is 266. The molecule has 2 rings (SSSR count). The van der Waals surface area contributed by atoms with Crippen molar-refractivity contribution in [2.45, 2.75) is 32.2 Å². The van der Waals surface area contributed by atoms with Gasteiger partial charge in [0.1, 0.15) is 0 Å². The number of rotatable bonds is 3. The zero-order chi connectivity index (χ0) is 12.8. The van der Waals surface area contributed by atoms with E-state index in [1.54, 1.807) is 0 Å². The molecule has 5 nitrogen and oxygen atoms in total. The summed E-state index contributed by atoms with van der Waals surface area (Å²) in [6.45, 7) is 8.99. The van der Waals surface area contributed by atoms with Crippen molar-refractivity contribution in [1.82, 2.24) is 20.4 Å². The number of carbonyl (C=O) groups excluding carboxylic acids is 1. The molecule has 0 bridgehead atoms. The molecule has 1 unspecified atom stereocenters. The Balaban J connectivity index is 1.69. The van der Waals surface area contributed by atoms with Crippen LogP contribution in [0.4, 0.5) is 0 Å². The van der Waals surface area contributed by atoms with Crippen LogP contribution in [-0.2, 0) is 4.79 Å².